The summed E-state index contributed by atoms with van der Waals surface area (Å²) >= 11 is 11.7. The molecule has 0 heterocycles. The Kier molecular flexibility index (Phi) is 5.73. The van der Waals surface area contributed by atoms with Crippen molar-refractivity contribution < 1.29 is 9.84 Å². The van der Waals surface area contributed by atoms with Crippen molar-refractivity contribution >= 4 is 23.2 Å². The zero-order chi connectivity index (χ0) is 13.8. The number of halogens is 2. The molecule has 18 heavy (non-hydrogen) atoms. The molecule has 0 bridgehead atoms. The van der Waals surface area contributed by atoms with Gasteiger partial charge in [0, 0.05) is 30.3 Å². The van der Waals surface area contributed by atoms with Gasteiger partial charge in [-0.15, -0.1) is 0 Å². The quantitative estimate of drug-likeness (QED) is 0.841. The van der Waals surface area contributed by atoms with Crippen molar-refractivity contribution in [1.82, 2.24) is 5.32 Å². The second kappa shape index (κ2) is 6.62. The summed E-state index contributed by atoms with van der Waals surface area (Å²) in [5.41, 5.74) is 0.437. The average Bonchev–Trinajstić information content (AvgIpc) is 2.24. The van der Waals surface area contributed by atoms with Gasteiger partial charge in [0.15, 0.2) is 0 Å². The second-order valence-corrected chi connectivity index (χ2v) is 5.54. The summed E-state index contributed by atoms with van der Waals surface area (Å²) < 4.78 is 5.57. The van der Waals surface area contributed by atoms with Crippen LogP contribution in [0.15, 0.2) is 12.1 Å². The van der Waals surface area contributed by atoms with Crippen LogP contribution in [-0.2, 0) is 11.3 Å². The fraction of sp³-hybridized carbons (Fsp3) is 0.538. The highest BCUT2D eigenvalue weighted by molar-refractivity contribution is 6.35. The van der Waals surface area contributed by atoms with Gasteiger partial charge in [-0.2, -0.15) is 0 Å². The van der Waals surface area contributed by atoms with E-state index in [1.165, 1.54) is 6.07 Å². The number of ether oxygens (including phenoxy) is 1. The smallest absolute Gasteiger partial charge is 0.138 e. The second-order valence-electron chi connectivity index (χ2n) is 4.69. The number of benzene rings is 1. The molecule has 3 nitrogen and oxygen atoms in total. The van der Waals surface area contributed by atoms with Crippen molar-refractivity contribution in [2.24, 2.45) is 0 Å². The first kappa shape index (κ1) is 15.6. The minimum absolute atomic E-state index is 0.0720. The van der Waals surface area contributed by atoms with Crippen molar-refractivity contribution in [1.29, 1.82) is 0 Å². The molecular weight excluding hydrogens is 273 g/mol. The number of aromatic hydroxyl groups is 1. The number of hydrogen-bond donors (Lipinski definition) is 2. The maximum Gasteiger partial charge on any atom is 0.138 e. The summed E-state index contributed by atoms with van der Waals surface area (Å²) in [6, 6.07) is 3.22. The van der Waals surface area contributed by atoms with E-state index in [0.29, 0.717) is 30.3 Å². The molecule has 5 heteroatoms. The van der Waals surface area contributed by atoms with Gasteiger partial charge in [-0.25, -0.2) is 0 Å². The van der Waals surface area contributed by atoms with E-state index in [1.54, 1.807) is 6.07 Å². The zero-order valence-electron chi connectivity index (χ0n) is 10.9. The van der Waals surface area contributed by atoms with Crippen LogP contribution in [0.5, 0.6) is 5.75 Å². The molecule has 0 radical (unpaired) electrons. The third-order valence-electron chi connectivity index (χ3n) is 2.51. The molecule has 1 aromatic rings. The van der Waals surface area contributed by atoms with Crippen LogP contribution in [-0.4, -0.2) is 23.9 Å². The van der Waals surface area contributed by atoms with Gasteiger partial charge in [0.05, 0.1) is 10.6 Å². The molecular formula is C13H19Cl2NO2. The first-order chi connectivity index (χ1) is 8.35. The van der Waals surface area contributed by atoms with Gasteiger partial charge in [0.2, 0.25) is 0 Å². The van der Waals surface area contributed by atoms with Crippen LogP contribution in [0.1, 0.15) is 26.3 Å². The van der Waals surface area contributed by atoms with E-state index in [9.17, 15) is 5.11 Å². The fourth-order valence-electron chi connectivity index (χ4n) is 1.69. The molecule has 0 amide bonds. The molecule has 0 saturated heterocycles. The standard InChI is InChI=1S/C13H19Cl2NO2/c1-4-18-13(2,3)8-16-7-9-5-10(14)6-11(15)12(9)17/h5-6,16-17H,4,7-8H2,1-3H3. The maximum atomic E-state index is 9.79. The summed E-state index contributed by atoms with van der Waals surface area (Å²) in [5.74, 6) is 0.0720. The van der Waals surface area contributed by atoms with E-state index in [-0.39, 0.29) is 16.4 Å². The number of phenolic OH excluding ortho intramolecular Hbond substituents is 1. The molecule has 102 valence electrons. The van der Waals surface area contributed by atoms with Crippen molar-refractivity contribution in [2.45, 2.75) is 32.9 Å². The molecule has 1 rings (SSSR count). The SMILES string of the molecule is CCOC(C)(C)CNCc1cc(Cl)cc(Cl)c1O. The first-order valence-electron chi connectivity index (χ1n) is 5.87. The van der Waals surface area contributed by atoms with Gasteiger partial charge in [-0.1, -0.05) is 23.2 Å². The van der Waals surface area contributed by atoms with Crippen LogP contribution in [0.4, 0.5) is 0 Å². The maximum absolute atomic E-state index is 9.79. The van der Waals surface area contributed by atoms with Crippen LogP contribution < -0.4 is 5.32 Å². The van der Waals surface area contributed by atoms with E-state index in [2.05, 4.69) is 5.32 Å². The molecule has 0 atom stereocenters. The third kappa shape index (κ3) is 4.65. The molecule has 0 aliphatic heterocycles. The Hall–Kier alpha value is -0.480. The summed E-state index contributed by atoms with van der Waals surface area (Å²) in [6.45, 7) is 7.81. The van der Waals surface area contributed by atoms with Crippen LogP contribution in [0.25, 0.3) is 0 Å². The van der Waals surface area contributed by atoms with Gasteiger partial charge < -0.3 is 15.2 Å². The Morgan fingerprint density at radius 1 is 1.33 bits per heavy atom. The van der Waals surface area contributed by atoms with Gasteiger partial charge in [0.25, 0.3) is 0 Å². The Balaban J connectivity index is 2.59. The van der Waals surface area contributed by atoms with Gasteiger partial charge >= 0.3 is 0 Å². The van der Waals surface area contributed by atoms with Crippen LogP contribution >= 0.6 is 23.2 Å². The van der Waals surface area contributed by atoms with E-state index in [4.69, 9.17) is 27.9 Å². The van der Waals surface area contributed by atoms with Crippen LogP contribution in [0, 0.1) is 0 Å². The molecule has 0 aromatic heterocycles. The Morgan fingerprint density at radius 2 is 2.00 bits per heavy atom. The lowest BCUT2D eigenvalue weighted by Crippen LogP contribution is -2.37. The summed E-state index contributed by atoms with van der Waals surface area (Å²) in [4.78, 5) is 0. The molecule has 1 aromatic carbocycles. The Morgan fingerprint density at radius 3 is 2.61 bits per heavy atom. The lowest BCUT2D eigenvalue weighted by atomic mass is 10.1. The zero-order valence-corrected chi connectivity index (χ0v) is 12.4. The van der Waals surface area contributed by atoms with Gasteiger partial charge in [-0.3, -0.25) is 0 Å². The van der Waals surface area contributed by atoms with Gasteiger partial charge in [0.1, 0.15) is 5.75 Å². The van der Waals surface area contributed by atoms with Crippen molar-refractivity contribution in [3.05, 3.63) is 27.7 Å². The van der Waals surface area contributed by atoms with Crippen LogP contribution in [0.3, 0.4) is 0 Å². The highest BCUT2D eigenvalue weighted by Gasteiger charge is 2.17. The van der Waals surface area contributed by atoms with E-state index >= 15 is 0 Å². The summed E-state index contributed by atoms with van der Waals surface area (Å²) in [7, 11) is 0. The average molecular weight is 292 g/mol. The normalized spacial score (nSPS) is 11.8. The predicted molar refractivity (Wildman–Crippen MR) is 75.5 cm³/mol. The first-order valence-corrected chi connectivity index (χ1v) is 6.63. The van der Waals surface area contributed by atoms with E-state index in [1.807, 2.05) is 20.8 Å². The fourth-order valence-corrected chi connectivity index (χ4v) is 2.23. The van der Waals surface area contributed by atoms with Gasteiger partial charge in [-0.05, 0) is 32.9 Å². The topological polar surface area (TPSA) is 41.5 Å². The Bertz CT molecular complexity index is 408. The molecule has 0 saturated carbocycles. The molecule has 2 N–H and O–H groups in total. The summed E-state index contributed by atoms with van der Waals surface area (Å²) in [5, 5.41) is 13.8. The predicted octanol–water partition coefficient (Wildman–Crippen LogP) is 3.60. The molecule has 0 aliphatic rings. The lowest BCUT2D eigenvalue weighted by molar-refractivity contribution is -0.00900. The van der Waals surface area contributed by atoms with Crippen molar-refractivity contribution in [3.63, 3.8) is 0 Å². The summed E-state index contributed by atoms with van der Waals surface area (Å²) in [6.07, 6.45) is 0. The minimum Gasteiger partial charge on any atom is -0.506 e. The van der Waals surface area contributed by atoms with E-state index < -0.39 is 0 Å². The lowest BCUT2D eigenvalue weighted by Gasteiger charge is -2.25. The number of rotatable bonds is 6. The molecule has 0 aliphatic carbocycles. The molecule has 0 spiro atoms. The monoisotopic (exact) mass is 291 g/mol. The Labute approximate surface area is 118 Å². The number of nitrogens with one attached hydrogen (secondary N) is 1. The van der Waals surface area contributed by atoms with Crippen LogP contribution in [0.2, 0.25) is 10.0 Å². The highest BCUT2D eigenvalue weighted by atomic mass is 35.5. The third-order valence-corrected chi connectivity index (χ3v) is 3.01. The molecule has 0 fully saturated rings. The van der Waals surface area contributed by atoms with Crippen molar-refractivity contribution in [3.8, 4) is 5.75 Å². The van der Waals surface area contributed by atoms with Crippen molar-refractivity contribution in [2.75, 3.05) is 13.2 Å². The number of hydrogen-bond acceptors (Lipinski definition) is 3. The number of phenols is 1. The largest absolute Gasteiger partial charge is 0.506 e. The molecule has 0 unspecified atom stereocenters. The highest BCUT2D eigenvalue weighted by Crippen LogP contribution is 2.31. The minimum atomic E-state index is -0.243. The van der Waals surface area contributed by atoms with E-state index in [0.717, 1.165) is 0 Å².